The fourth-order valence-electron chi connectivity index (χ4n) is 1.31. The molecule has 1 N–H and O–H groups in total. The lowest BCUT2D eigenvalue weighted by molar-refractivity contribution is 0.506. The van der Waals surface area contributed by atoms with Gasteiger partial charge >= 0.3 is 6.01 Å². The van der Waals surface area contributed by atoms with Crippen molar-refractivity contribution in [2.45, 2.75) is 18.7 Å². The summed E-state index contributed by atoms with van der Waals surface area (Å²) < 4.78 is 5.30. The molecule has 0 bridgehead atoms. The number of hydrogen-bond donors (Lipinski definition) is 1. The number of pyridine rings is 1. The minimum absolute atomic E-state index is 0.270. The van der Waals surface area contributed by atoms with Gasteiger partial charge in [0.25, 0.3) is 0 Å². The predicted molar refractivity (Wildman–Crippen MR) is 65.0 cm³/mol. The predicted octanol–water partition coefficient (Wildman–Crippen LogP) is 2.42. The van der Waals surface area contributed by atoms with Crippen LogP contribution >= 0.6 is 11.6 Å². The zero-order valence-electron chi connectivity index (χ0n) is 9.43. The summed E-state index contributed by atoms with van der Waals surface area (Å²) in [5, 5.41) is 10.4. The van der Waals surface area contributed by atoms with Crippen molar-refractivity contribution in [2.75, 3.05) is 11.9 Å². The van der Waals surface area contributed by atoms with Crippen LogP contribution in [0.5, 0.6) is 0 Å². The maximum absolute atomic E-state index is 5.81. The van der Waals surface area contributed by atoms with E-state index in [1.54, 1.807) is 13.1 Å². The molecule has 0 fully saturated rings. The van der Waals surface area contributed by atoms with E-state index in [4.69, 9.17) is 16.0 Å². The lowest BCUT2D eigenvalue weighted by atomic mass is 10.3. The van der Waals surface area contributed by atoms with Gasteiger partial charge in [-0.1, -0.05) is 11.2 Å². The highest BCUT2D eigenvalue weighted by Gasteiger charge is 2.10. The topological polar surface area (TPSA) is 63.8 Å². The highest BCUT2D eigenvalue weighted by molar-refractivity contribution is 6.20. The highest BCUT2D eigenvalue weighted by Crippen LogP contribution is 2.18. The second-order valence-corrected chi connectivity index (χ2v) is 4.21. The van der Waals surface area contributed by atoms with Gasteiger partial charge in [0.05, 0.1) is 0 Å². The van der Waals surface area contributed by atoms with Gasteiger partial charge in [0.2, 0.25) is 5.89 Å². The van der Waals surface area contributed by atoms with E-state index in [2.05, 4.69) is 20.5 Å². The molecule has 0 spiro atoms. The molecule has 17 heavy (non-hydrogen) atoms. The third kappa shape index (κ3) is 3.42. The molecule has 0 radical (unpaired) electrons. The Labute approximate surface area is 104 Å². The Morgan fingerprint density at radius 1 is 1.41 bits per heavy atom. The fourth-order valence-corrected chi connectivity index (χ4v) is 1.40. The average Bonchev–Trinajstić information content (AvgIpc) is 2.79. The van der Waals surface area contributed by atoms with E-state index in [1.807, 2.05) is 18.2 Å². The van der Waals surface area contributed by atoms with Crippen LogP contribution in [0.3, 0.4) is 0 Å². The normalized spacial score (nSPS) is 12.4. The molecule has 2 aromatic rings. The SMILES string of the molecule is CC(Cl)c1nnc(NCCc2ccccn2)o1. The zero-order valence-corrected chi connectivity index (χ0v) is 10.2. The number of anilines is 1. The molecule has 90 valence electrons. The molecule has 5 nitrogen and oxygen atoms in total. The molecule has 2 heterocycles. The molecule has 2 rings (SSSR count). The van der Waals surface area contributed by atoms with E-state index in [-0.39, 0.29) is 5.38 Å². The monoisotopic (exact) mass is 252 g/mol. The van der Waals surface area contributed by atoms with Crippen LogP contribution in [0.15, 0.2) is 28.8 Å². The van der Waals surface area contributed by atoms with Crippen molar-refractivity contribution in [3.05, 3.63) is 36.0 Å². The fraction of sp³-hybridized carbons (Fsp3) is 0.364. The zero-order chi connectivity index (χ0) is 12.1. The van der Waals surface area contributed by atoms with E-state index in [0.29, 0.717) is 18.5 Å². The lowest BCUT2D eigenvalue weighted by Gasteiger charge is -2.00. The Balaban J connectivity index is 1.82. The summed E-state index contributed by atoms with van der Waals surface area (Å²) in [5.74, 6) is 0.423. The lowest BCUT2D eigenvalue weighted by Crippen LogP contribution is -2.05. The highest BCUT2D eigenvalue weighted by atomic mass is 35.5. The average molecular weight is 253 g/mol. The van der Waals surface area contributed by atoms with Crippen LogP contribution < -0.4 is 5.32 Å². The second-order valence-electron chi connectivity index (χ2n) is 3.56. The van der Waals surface area contributed by atoms with Crippen molar-refractivity contribution >= 4 is 17.6 Å². The largest absolute Gasteiger partial charge is 0.407 e. The summed E-state index contributed by atoms with van der Waals surface area (Å²) in [6, 6.07) is 6.22. The van der Waals surface area contributed by atoms with Gasteiger partial charge < -0.3 is 9.73 Å². The molecule has 0 amide bonds. The third-order valence-corrected chi connectivity index (χ3v) is 2.35. The van der Waals surface area contributed by atoms with Crippen molar-refractivity contribution in [2.24, 2.45) is 0 Å². The molecule has 0 saturated carbocycles. The summed E-state index contributed by atoms with van der Waals surface area (Å²) in [6.07, 6.45) is 2.57. The summed E-state index contributed by atoms with van der Waals surface area (Å²) >= 11 is 5.81. The van der Waals surface area contributed by atoms with Crippen molar-refractivity contribution in [1.82, 2.24) is 15.2 Å². The van der Waals surface area contributed by atoms with Gasteiger partial charge in [-0.05, 0) is 19.1 Å². The number of nitrogens with zero attached hydrogens (tertiary/aromatic N) is 3. The molecule has 0 aliphatic carbocycles. The molecule has 1 unspecified atom stereocenters. The first kappa shape index (κ1) is 11.9. The molecule has 0 saturated heterocycles. The van der Waals surface area contributed by atoms with Crippen LogP contribution in [-0.4, -0.2) is 21.7 Å². The van der Waals surface area contributed by atoms with Gasteiger partial charge in [-0.25, -0.2) is 0 Å². The summed E-state index contributed by atoms with van der Waals surface area (Å²) in [7, 11) is 0. The summed E-state index contributed by atoms with van der Waals surface area (Å²) in [6.45, 7) is 2.47. The van der Waals surface area contributed by atoms with Crippen molar-refractivity contribution in [3.63, 3.8) is 0 Å². The van der Waals surface area contributed by atoms with Crippen molar-refractivity contribution in [3.8, 4) is 0 Å². The standard InChI is InChI=1S/C11H13ClN4O/c1-8(12)10-15-16-11(17-10)14-7-5-9-4-2-3-6-13-9/h2-4,6,8H,5,7H2,1H3,(H,14,16). The molecule has 0 aromatic carbocycles. The Morgan fingerprint density at radius 3 is 2.94 bits per heavy atom. The number of halogens is 1. The first-order chi connectivity index (χ1) is 8.25. The molecule has 0 aliphatic rings. The van der Waals surface area contributed by atoms with Gasteiger partial charge in [-0.2, -0.15) is 0 Å². The van der Waals surface area contributed by atoms with E-state index in [9.17, 15) is 0 Å². The molecule has 0 aliphatic heterocycles. The van der Waals surface area contributed by atoms with Crippen LogP contribution in [0.1, 0.15) is 23.9 Å². The Morgan fingerprint density at radius 2 is 2.29 bits per heavy atom. The van der Waals surface area contributed by atoms with Gasteiger partial charge in [-0.15, -0.1) is 16.7 Å². The molecular formula is C11H13ClN4O. The summed E-state index contributed by atoms with van der Waals surface area (Å²) in [5.41, 5.74) is 1.02. The van der Waals surface area contributed by atoms with Gasteiger partial charge in [-0.3, -0.25) is 4.98 Å². The van der Waals surface area contributed by atoms with E-state index in [1.165, 1.54) is 0 Å². The second kappa shape index (κ2) is 5.63. The minimum Gasteiger partial charge on any atom is -0.407 e. The Bertz CT molecular complexity index is 458. The Kier molecular flexibility index (Phi) is 3.93. The molecule has 1 atom stereocenters. The quantitative estimate of drug-likeness (QED) is 0.828. The van der Waals surface area contributed by atoms with Crippen LogP contribution in [0.2, 0.25) is 0 Å². The number of rotatable bonds is 5. The summed E-state index contributed by atoms with van der Waals surface area (Å²) in [4.78, 5) is 4.22. The van der Waals surface area contributed by atoms with Crippen LogP contribution in [-0.2, 0) is 6.42 Å². The number of hydrogen-bond acceptors (Lipinski definition) is 5. The first-order valence-corrected chi connectivity index (χ1v) is 5.80. The molecule has 2 aromatic heterocycles. The number of alkyl halides is 1. The van der Waals surface area contributed by atoms with Crippen LogP contribution in [0.25, 0.3) is 0 Å². The molecular weight excluding hydrogens is 240 g/mol. The maximum atomic E-state index is 5.81. The number of nitrogens with one attached hydrogen (secondary N) is 1. The van der Waals surface area contributed by atoms with Crippen LogP contribution in [0.4, 0.5) is 6.01 Å². The maximum Gasteiger partial charge on any atom is 0.315 e. The first-order valence-electron chi connectivity index (χ1n) is 5.37. The smallest absolute Gasteiger partial charge is 0.315 e. The van der Waals surface area contributed by atoms with Crippen LogP contribution in [0, 0.1) is 0 Å². The van der Waals surface area contributed by atoms with E-state index < -0.39 is 0 Å². The van der Waals surface area contributed by atoms with Crippen molar-refractivity contribution in [1.29, 1.82) is 0 Å². The van der Waals surface area contributed by atoms with E-state index >= 15 is 0 Å². The Hall–Kier alpha value is -1.62. The van der Waals surface area contributed by atoms with E-state index in [0.717, 1.165) is 12.1 Å². The van der Waals surface area contributed by atoms with Gasteiger partial charge in [0.1, 0.15) is 5.38 Å². The minimum atomic E-state index is -0.270. The van der Waals surface area contributed by atoms with Crippen molar-refractivity contribution < 1.29 is 4.42 Å². The number of aromatic nitrogens is 3. The molecule has 6 heteroatoms. The van der Waals surface area contributed by atoms with Gasteiger partial charge in [0, 0.05) is 24.9 Å². The third-order valence-electron chi connectivity index (χ3n) is 2.16. The van der Waals surface area contributed by atoms with Gasteiger partial charge in [0.15, 0.2) is 0 Å².